The number of hydrogen-bond acceptors (Lipinski definition) is 2. The SMILES string of the molecule is CCC1CCC(c2ncc(CCl)c(C(F)F)n2)CC1. The predicted octanol–water partition coefficient (Wildman–Crippen LogP) is 4.84. The van der Waals surface area contributed by atoms with E-state index in [1.54, 1.807) is 0 Å². The van der Waals surface area contributed by atoms with E-state index in [0.29, 0.717) is 11.4 Å². The largest absolute Gasteiger partial charge is 0.280 e. The van der Waals surface area contributed by atoms with Gasteiger partial charge in [0, 0.05) is 17.7 Å². The van der Waals surface area contributed by atoms with Crippen LogP contribution >= 0.6 is 11.6 Å². The fraction of sp³-hybridized carbons (Fsp3) is 0.714. The maximum Gasteiger partial charge on any atom is 0.280 e. The lowest BCUT2D eigenvalue weighted by Gasteiger charge is -2.27. The molecule has 0 atom stereocenters. The number of aromatic nitrogens is 2. The van der Waals surface area contributed by atoms with Crippen LogP contribution < -0.4 is 0 Å². The van der Waals surface area contributed by atoms with Gasteiger partial charge in [0.25, 0.3) is 6.43 Å². The Kier molecular flexibility index (Phi) is 5.08. The average molecular weight is 289 g/mol. The number of alkyl halides is 3. The van der Waals surface area contributed by atoms with E-state index in [0.717, 1.165) is 31.6 Å². The van der Waals surface area contributed by atoms with E-state index in [9.17, 15) is 8.78 Å². The molecular formula is C14H19ClF2N2. The summed E-state index contributed by atoms with van der Waals surface area (Å²) in [5.41, 5.74) is 0.139. The van der Waals surface area contributed by atoms with E-state index < -0.39 is 6.43 Å². The van der Waals surface area contributed by atoms with Crippen LogP contribution in [-0.4, -0.2) is 9.97 Å². The molecule has 1 aliphatic carbocycles. The summed E-state index contributed by atoms with van der Waals surface area (Å²) in [6.45, 7) is 2.20. The molecule has 0 bridgehead atoms. The number of rotatable bonds is 4. The van der Waals surface area contributed by atoms with Crippen molar-refractivity contribution in [2.45, 2.75) is 57.3 Å². The monoisotopic (exact) mass is 288 g/mol. The van der Waals surface area contributed by atoms with Gasteiger partial charge in [-0.25, -0.2) is 18.7 Å². The van der Waals surface area contributed by atoms with Gasteiger partial charge in [-0.2, -0.15) is 0 Å². The van der Waals surface area contributed by atoms with Crippen molar-refractivity contribution in [3.05, 3.63) is 23.3 Å². The summed E-state index contributed by atoms with van der Waals surface area (Å²) >= 11 is 5.64. The predicted molar refractivity (Wildman–Crippen MR) is 71.5 cm³/mol. The van der Waals surface area contributed by atoms with Crippen molar-refractivity contribution >= 4 is 11.6 Å². The zero-order valence-electron chi connectivity index (χ0n) is 11.1. The summed E-state index contributed by atoms with van der Waals surface area (Å²) in [5, 5.41) is 0. The number of nitrogens with zero attached hydrogens (tertiary/aromatic N) is 2. The first kappa shape index (κ1) is 14.6. The molecule has 0 aliphatic heterocycles. The second kappa shape index (κ2) is 6.60. The topological polar surface area (TPSA) is 25.8 Å². The third kappa shape index (κ3) is 3.41. The Morgan fingerprint density at radius 1 is 1.32 bits per heavy atom. The highest BCUT2D eigenvalue weighted by Gasteiger charge is 2.25. The van der Waals surface area contributed by atoms with Crippen molar-refractivity contribution in [3.63, 3.8) is 0 Å². The highest BCUT2D eigenvalue weighted by molar-refractivity contribution is 6.17. The van der Waals surface area contributed by atoms with Gasteiger partial charge in [-0.05, 0) is 31.6 Å². The molecule has 2 rings (SSSR count). The second-order valence-corrected chi connectivity index (χ2v) is 5.47. The van der Waals surface area contributed by atoms with Crippen LogP contribution in [0.25, 0.3) is 0 Å². The average Bonchev–Trinajstić information content (AvgIpc) is 2.46. The number of halogens is 3. The highest BCUT2D eigenvalue weighted by Crippen LogP contribution is 2.36. The Morgan fingerprint density at radius 2 is 2.00 bits per heavy atom. The molecule has 0 N–H and O–H groups in total. The summed E-state index contributed by atoms with van der Waals surface area (Å²) in [7, 11) is 0. The minimum atomic E-state index is -2.58. The molecule has 106 valence electrons. The number of hydrogen-bond donors (Lipinski definition) is 0. The van der Waals surface area contributed by atoms with Gasteiger partial charge in [-0.1, -0.05) is 13.3 Å². The van der Waals surface area contributed by atoms with Crippen LogP contribution in [0.1, 0.15) is 68.5 Å². The van der Waals surface area contributed by atoms with Crippen LogP contribution in [0, 0.1) is 5.92 Å². The Bertz CT molecular complexity index is 418. The van der Waals surface area contributed by atoms with Crippen LogP contribution in [0.3, 0.4) is 0 Å². The Morgan fingerprint density at radius 3 is 2.53 bits per heavy atom. The van der Waals surface area contributed by atoms with Gasteiger partial charge in [0.15, 0.2) is 0 Å². The Labute approximate surface area is 117 Å². The minimum Gasteiger partial charge on any atom is -0.241 e. The van der Waals surface area contributed by atoms with Gasteiger partial charge >= 0.3 is 0 Å². The van der Waals surface area contributed by atoms with Crippen molar-refractivity contribution in [1.29, 1.82) is 0 Å². The fourth-order valence-corrected chi connectivity index (χ4v) is 2.96. The first-order chi connectivity index (χ1) is 9.15. The molecule has 0 unspecified atom stereocenters. The molecule has 0 amide bonds. The van der Waals surface area contributed by atoms with Crippen molar-refractivity contribution in [2.75, 3.05) is 0 Å². The first-order valence-corrected chi connectivity index (χ1v) is 7.39. The molecule has 0 aromatic carbocycles. The summed E-state index contributed by atoms with van der Waals surface area (Å²) in [5.74, 6) is 1.60. The molecule has 0 radical (unpaired) electrons. The van der Waals surface area contributed by atoms with Crippen molar-refractivity contribution in [1.82, 2.24) is 9.97 Å². The van der Waals surface area contributed by atoms with Crippen molar-refractivity contribution in [2.24, 2.45) is 5.92 Å². The van der Waals surface area contributed by atoms with Crippen LogP contribution in [-0.2, 0) is 5.88 Å². The normalized spacial score (nSPS) is 23.8. The molecule has 1 saturated carbocycles. The van der Waals surface area contributed by atoms with E-state index in [2.05, 4.69) is 16.9 Å². The second-order valence-electron chi connectivity index (χ2n) is 5.20. The van der Waals surface area contributed by atoms with Crippen LogP contribution in [0.5, 0.6) is 0 Å². The molecule has 1 heterocycles. The van der Waals surface area contributed by atoms with Gasteiger partial charge in [-0.15, -0.1) is 11.6 Å². The van der Waals surface area contributed by atoms with E-state index in [4.69, 9.17) is 11.6 Å². The molecule has 19 heavy (non-hydrogen) atoms. The van der Waals surface area contributed by atoms with Crippen molar-refractivity contribution < 1.29 is 8.78 Å². The third-order valence-electron chi connectivity index (χ3n) is 4.06. The standard InChI is InChI=1S/C14H19ClF2N2/c1-2-9-3-5-10(6-4-9)14-18-8-11(7-15)12(19-14)13(16)17/h8-10,13H,2-7H2,1H3. The van der Waals surface area contributed by atoms with Crippen LogP contribution in [0.4, 0.5) is 8.78 Å². The lowest BCUT2D eigenvalue weighted by atomic mass is 9.80. The van der Waals surface area contributed by atoms with Gasteiger partial charge < -0.3 is 0 Å². The first-order valence-electron chi connectivity index (χ1n) is 6.85. The quantitative estimate of drug-likeness (QED) is 0.741. The van der Waals surface area contributed by atoms with Crippen molar-refractivity contribution in [3.8, 4) is 0 Å². The Balaban J connectivity index is 2.15. The summed E-state index contributed by atoms with van der Waals surface area (Å²) < 4.78 is 25.9. The Hall–Kier alpha value is -0.770. The summed E-state index contributed by atoms with van der Waals surface area (Å²) in [6, 6.07) is 0. The van der Waals surface area contributed by atoms with Crippen LogP contribution in [0.2, 0.25) is 0 Å². The summed E-state index contributed by atoms with van der Waals surface area (Å²) in [6.07, 6.45) is 4.37. The van der Waals surface area contributed by atoms with Gasteiger partial charge in [-0.3, -0.25) is 0 Å². The zero-order valence-corrected chi connectivity index (χ0v) is 11.8. The van der Waals surface area contributed by atoms with Gasteiger partial charge in [0.05, 0.1) is 5.88 Å². The molecule has 1 aromatic heterocycles. The zero-order chi connectivity index (χ0) is 13.8. The molecule has 5 heteroatoms. The maximum absolute atomic E-state index is 12.9. The molecule has 1 aromatic rings. The summed E-state index contributed by atoms with van der Waals surface area (Å²) in [4.78, 5) is 8.31. The lowest BCUT2D eigenvalue weighted by molar-refractivity contribution is 0.144. The van der Waals surface area contributed by atoms with E-state index in [1.807, 2.05) is 0 Å². The fourth-order valence-electron chi connectivity index (χ4n) is 2.75. The molecule has 2 nitrogen and oxygen atoms in total. The molecule has 1 fully saturated rings. The molecule has 0 saturated heterocycles. The van der Waals surface area contributed by atoms with E-state index in [-0.39, 0.29) is 17.5 Å². The molecular weight excluding hydrogens is 270 g/mol. The van der Waals surface area contributed by atoms with Gasteiger partial charge in [0.2, 0.25) is 0 Å². The van der Waals surface area contributed by atoms with Crippen LogP contribution in [0.15, 0.2) is 6.20 Å². The van der Waals surface area contributed by atoms with E-state index >= 15 is 0 Å². The third-order valence-corrected chi connectivity index (χ3v) is 4.34. The van der Waals surface area contributed by atoms with E-state index in [1.165, 1.54) is 12.6 Å². The molecule has 1 aliphatic rings. The molecule has 0 spiro atoms. The highest BCUT2D eigenvalue weighted by atomic mass is 35.5. The smallest absolute Gasteiger partial charge is 0.241 e. The van der Waals surface area contributed by atoms with Gasteiger partial charge in [0.1, 0.15) is 11.5 Å². The lowest BCUT2D eigenvalue weighted by Crippen LogP contribution is -2.16. The maximum atomic E-state index is 12.9. The minimum absolute atomic E-state index is 0.0303.